The number of hydrogen-bond donors (Lipinski definition) is 1. The maximum Gasteiger partial charge on any atom is 0.397 e. The van der Waals surface area contributed by atoms with Crippen molar-refractivity contribution in [1.29, 1.82) is 0 Å². The highest BCUT2D eigenvalue weighted by molar-refractivity contribution is 7.80. The fourth-order valence-corrected chi connectivity index (χ4v) is 4.21. The summed E-state index contributed by atoms with van der Waals surface area (Å²) in [5.74, 6) is 0.951. The first-order valence-electron chi connectivity index (χ1n) is 12.2. The van der Waals surface area contributed by atoms with Gasteiger partial charge in [-0.2, -0.15) is 8.42 Å². The minimum atomic E-state index is -4.17. The molecule has 1 atom stereocenters. The van der Waals surface area contributed by atoms with Crippen molar-refractivity contribution in [3.63, 3.8) is 0 Å². The maximum absolute atomic E-state index is 9.56. The number of likely N-dealkylation sites (tertiary alicyclic amines) is 1. The van der Waals surface area contributed by atoms with Gasteiger partial charge in [0.15, 0.2) is 0 Å². The van der Waals surface area contributed by atoms with Crippen LogP contribution in [0.5, 0.6) is 0 Å². The van der Waals surface area contributed by atoms with Crippen LogP contribution in [-0.2, 0) is 14.6 Å². The zero-order chi connectivity index (χ0) is 21.8. The van der Waals surface area contributed by atoms with Crippen molar-refractivity contribution in [2.45, 2.75) is 117 Å². The number of unbranched alkanes of at least 4 members (excludes halogenated alkanes) is 13. The van der Waals surface area contributed by atoms with Crippen LogP contribution in [0.2, 0.25) is 0 Å². The van der Waals surface area contributed by atoms with Crippen LogP contribution in [0.1, 0.15) is 117 Å². The molecule has 176 valence electrons. The van der Waals surface area contributed by atoms with Gasteiger partial charge in [-0.25, -0.2) is 4.18 Å². The van der Waals surface area contributed by atoms with Gasteiger partial charge in [0, 0.05) is 6.54 Å². The lowest BCUT2D eigenvalue weighted by atomic mass is 10.0. The molecule has 1 fully saturated rings. The molecule has 1 rings (SSSR count). The predicted octanol–water partition coefficient (Wildman–Crippen LogP) is 6.64. The van der Waals surface area contributed by atoms with Gasteiger partial charge < -0.3 is 4.90 Å². The highest BCUT2D eigenvalue weighted by Crippen LogP contribution is 2.16. The van der Waals surface area contributed by atoms with E-state index in [2.05, 4.69) is 22.9 Å². The van der Waals surface area contributed by atoms with Gasteiger partial charge in [0.2, 0.25) is 0 Å². The molecule has 0 radical (unpaired) electrons. The Labute approximate surface area is 181 Å². The van der Waals surface area contributed by atoms with Gasteiger partial charge in [0.25, 0.3) is 0 Å². The van der Waals surface area contributed by atoms with Crippen LogP contribution in [0, 0.1) is 5.92 Å². The lowest BCUT2D eigenvalue weighted by Crippen LogP contribution is -2.21. The maximum atomic E-state index is 9.56. The molecule has 5 nitrogen and oxygen atoms in total. The van der Waals surface area contributed by atoms with Crippen molar-refractivity contribution in [3.05, 3.63) is 0 Å². The van der Waals surface area contributed by atoms with E-state index in [1.54, 1.807) is 0 Å². The summed E-state index contributed by atoms with van der Waals surface area (Å²) < 4.78 is 30.7. The Morgan fingerprint density at radius 3 is 1.59 bits per heavy atom. The first-order valence-corrected chi connectivity index (χ1v) is 13.6. The van der Waals surface area contributed by atoms with Crippen molar-refractivity contribution in [2.75, 3.05) is 26.2 Å². The van der Waals surface area contributed by atoms with E-state index >= 15 is 0 Å². The van der Waals surface area contributed by atoms with Gasteiger partial charge in [0.1, 0.15) is 0 Å². The third-order valence-electron chi connectivity index (χ3n) is 5.60. The summed E-state index contributed by atoms with van der Waals surface area (Å²) in [5.41, 5.74) is 0. The zero-order valence-corrected chi connectivity index (χ0v) is 20.4. The van der Waals surface area contributed by atoms with E-state index in [-0.39, 0.29) is 6.61 Å². The second-order valence-electron chi connectivity index (χ2n) is 8.62. The van der Waals surface area contributed by atoms with Crippen LogP contribution >= 0.6 is 0 Å². The molecule has 0 aromatic rings. The topological polar surface area (TPSA) is 66.8 Å². The summed E-state index contributed by atoms with van der Waals surface area (Å²) in [6, 6.07) is 0. The second-order valence-corrected chi connectivity index (χ2v) is 9.72. The Morgan fingerprint density at radius 2 is 1.28 bits per heavy atom. The fraction of sp³-hybridized carbons (Fsp3) is 1.00. The summed E-state index contributed by atoms with van der Waals surface area (Å²) in [6.07, 6.45) is 21.9. The van der Waals surface area contributed by atoms with Crippen LogP contribution < -0.4 is 0 Å². The molecule has 0 aliphatic carbocycles. The standard InChI is InChI=1S/C21H43N.C2H6O4S/c1-3-4-5-6-7-8-9-10-11-12-13-14-15-16-18-22-19-17-21(2)20-22;1-2-6-7(3,4)5/h21H,3-20H2,1-2H3;2H2,1H3,(H,3,4,5). The van der Waals surface area contributed by atoms with Crippen molar-refractivity contribution < 1.29 is 17.2 Å². The van der Waals surface area contributed by atoms with Gasteiger partial charge in [-0.1, -0.05) is 97.3 Å². The van der Waals surface area contributed by atoms with Crippen molar-refractivity contribution >= 4 is 10.4 Å². The highest BCUT2D eigenvalue weighted by atomic mass is 32.3. The molecular weight excluding hydrogens is 386 g/mol. The Morgan fingerprint density at radius 1 is 0.828 bits per heavy atom. The zero-order valence-electron chi connectivity index (χ0n) is 19.5. The average Bonchev–Trinajstić information content (AvgIpc) is 3.07. The van der Waals surface area contributed by atoms with E-state index < -0.39 is 10.4 Å². The summed E-state index contributed by atoms with van der Waals surface area (Å²) in [5, 5.41) is 0. The Balaban J connectivity index is 0.000000956. The molecule has 0 aromatic heterocycles. The first kappa shape index (κ1) is 28.8. The Hall–Kier alpha value is -0.170. The van der Waals surface area contributed by atoms with E-state index in [1.807, 2.05) is 0 Å². The molecule has 0 amide bonds. The van der Waals surface area contributed by atoms with Crippen LogP contribution in [0.3, 0.4) is 0 Å². The molecule has 6 heteroatoms. The summed E-state index contributed by atoms with van der Waals surface area (Å²) >= 11 is 0. The molecule has 1 aliphatic rings. The Kier molecular flexibility index (Phi) is 19.7. The van der Waals surface area contributed by atoms with Crippen molar-refractivity contribution in [3.8, 4) is 0 Å². The molecular formula is C23H49NO4S. The molecule has 0 bridgehead atoms. The van der Waals surface area contributed by atoms with E-state index in [0.717, 1.165) is 5.92 Å². The number of hydrogen-bond acceptors (Lipinski definition) is 4. The predicted molar refractivity (Wildman–Crippen MR) is 124 cm³/mol. The number of rotatable bonds is 17. The lowest BCUT2D eigenvalue weighted by molar-refractivity contribution is 0.283. The molecule has 1 unspecified atom stereocenters. The smallest absolute Gasteiger partial charge is 0.303 e. The van der Waals surface area contributed by atoms with Gasteiger partial charge in [0.05, 0.1) is 6.61 Å². The third kappa shape index (κ3) is 22.3. The third-order valence-corrected chi connectivity index (χ3v) is 6.14. The van der Waals surface area contributed by atoms with E-state index in [9.17, 15) is 8.42 Å². The van der Waals surface area contributed by atoms with Crippen molar-refractivity contribution in [2.24, 2.45) is 5.92 Å². The largest absolute Gasteiger partial charge is 0.397 e. The first-order chi connectivity index (χ1) is 13.9. The molecule has 1 saturated heterocycles. The monoisotopic (exact) mass is 435 g/mol. The molecule has 0 saturated carbocycles. The molecule has 0 aromatic carbocycles. The molecule has 0 spiro atoms. The van der Waals surface area contributed by atoms with Crippen LogP contribution in [0.4, 0.5) is 0 Å². The van der Waals surface area contributed by atoms with E-state index in [4.69, 9.17) is 4.55 Å². The van der Waals surface area contributed by atoms with Crippen molar-refractivity contribution in [1.82, 2.24) is 4.90 Å². The Bertz CT molecular complexity index is 442. The second kappa shape index (κ2) is 19.8. The molecule has 1 aliphatic heterocycles. The van der Waals surface area contributed by atoms with E-state index in [1.165, 1.54) is 123 Å². The highest BCUT2D eigenvalue weighted by Gasteiger charge is 2.17. The summed E-state index contributed by atoms with van der Waals surface area (Å²) in [6.45, 7) is 10.2. The van der Waals surface area contributed by atoms with Gasteiger partial charge in [-0.05, 0) is 38.8 Å². The lowest BCUT2D eigenvalue weighted by Gasteiger charge is -2.14. The van der Waals surface area contributed by atoms with Gasteiger partial charge in [-0.15, -0.1) is 0 Å². The van der Waals surface area contributed by atoms with Crippen LogP contribution in [-0.4, -0.2) is 44.1 Å². The van der Waals surface area contributed by atoms with Gasteiger partial charge >= 0.3 is 10.4 Å². The summed E-state index contributed by atoms with van der Waals surface area (Å²) in [7, 11) is -4.17. The van der Waals surface area contributed by atoms with Crippen LogP contribution in [0.25, 0.3) is 0 Å². The molecule has 29 heavy (non-hydrogen) atoms. The molecule has 1 heterocycles. The number of nitrogens with zero attached hydrogens (tertiary/aromatic N) is 1. The molecule has 1 N–H and O–H groups in total. The minimum Gasteiger partial charge on any atom is -0.303 e. The van der Waals surface area contributed by atoms with Gasteiger partial charge in [-0.3, -0.25) is 4.55 Å². The normalized spacial score (nSPS) is 17.3. The fourth-order valence-electron chi connectivity index (χ4n) is 3.91. The summed E-state index contributed by atoms with van der Waals surface area (Å²) in [4.78, 5) is 2.67. The SMILES string of the molecule is CCCCCCCCCCCCCCCCN1CCC(C)C1.CCOS(=O)(=O)O. The van der Waals surface area contributed by atoms with Crippen LogP contribution in [0.15, 0.2) is 0 Å². The minimum absolute atomic E-state index is 0.0289. The quantitative estimate of drug-likeness (QED) is 0.205. The van der Waals surface area contributed by atoms with E-state index in [0.29, 0.717) is 0 Å². The average molecular weight is 436 g/mol.